The second-order valence-corrected chi connectivity index (χ2v) is 7.57. The molecule has 0 unspecified atom stereocenters. The summed E-state index contributed by atoms with van der Waals surface area (Å²) in [4.78, 5) is 16.6. The molecule has 5 aromatic rings. The van der Waals surface area contributed by atoms with Crippen molar-refractivity contribution < 1.29 is 9.63 Å². The molecule has 164 valence electrons. The molecular formula is C24H21N7O2. The number of nitrogens with zero attached hydrogens (tertiary/aromatic N) is 7. The van der Waals surface area contributed by atoms with Crippen molar-refractivity contribution in [3.05, 3.63) is 78.7 Å². The average Bonchev–Trinajstić information content (AvgIpc) is 3.58. The third-order valence-electron chi connectivity index (χ3n) is 5.19. The number of imidazole rings is 2. The van der Waals surface area contributed by atoms with Crippen LogP contribution in [-0.2, 0) is 13.1 Å². The number of benzene rings is 1. The van der Waals surface area contributed by atoms with Crippen LogP contribution < -0.4 is 0 Å². The van der Waals surface area contributed by atoms with Gasteiger partial charge in [0.25, 0.3) is 0 Å². The Morgan fingerprint density at radius 3 is 2.85 bits per heavy atom. The molecule has 5 rings (SSSR count). The van der Waals surface area contributed by atoms with E-state index < -0.39 is 6.10 Å². The van der Waals surface area contributed by atoms with Gasteiger partial charge in [-0.05, 0) is 31.2 Å². The molecule has 0 bridgehead atoms. The van der Waals surface area contributed by atoms with Crippen LogP contribution in [0.5, 0.6) is 0 Å². The maximum Gasteiger partial charge on any atom is 0.180 e. The van der Waals surface area contributed by atoms with Crippen LogP contribution in [0.25, 0.3) is 22.5 Å². The highest BCUT2D eigenvalue weighted by atomic mass is 16.5. The monoisotopic (exact) mass is 439 g/mol. The first kappa shape index (κ1) is 20.6. The molecule has 1 atom stereocenters. The van der Waals surface area contributed by atoms with E-state index in [1.807, 2.05) is 45.7 Å². The fraction of sp³-hybridized carbons (Fsp3) is 0.208. The minimum Gasteiger partial charge on any atom is -0.385 e. The van der Waals surface area contributed by atoms with E-state index in [2.05, 4.69) is 36.9 Å². The quantitative estimate of drug-likeness (QED) is 0.405. The van der Waals surface area contributed by atoms with E-state index in [-0.39, 0.29) is 0 Å². The summed E-state index contributed by atoms with van der Waals surface area (Å²) in [6, 6.07) is 9.76. The van der Waals surface area contributed by atoms with Crippen molar-refractivity contribution in [3.63, 3.8) is 0 Å². The summed E-state index contributed by atoms with van der Waals surface area (Å²) in [6.07, 6.45) is 8.54. The minimum absolute atomic E-state index is 0.478. The summed E-state index contributed by atoms with van der Waals surface area (Å²) >= 11 is 0. The second kappa shape index (κ2) is 9.06. The number of hydrogen-bond donors (Lipinski definition) is 1. The number of aliphatic hydroxyl groups is 1. The number of aryl methyl sites for hydroxylation is 1. The van der Waals surface area contributed by atoms with Gasteiger partial charge in [0.15, 0.2) is 11.4 Å². The van der Waals surface area contributed by atoms with Gasteiger partial charge in [0, 0.05) is 42.6 Å². The lowest BCUT2D eigenvalue weighted by atomic mass is 10.1. The van der Waals surface area contributed by atoms with Crippen LogP contribution in [0.15, 0.2) is 66.1 Å². The van der Waals surface area contributed by atoms with Crippen molar-refractivity contribution in [2.75, 3.05) is 0 Å². The van der Waals surface area contributed by atoms with Gasteiger partial charge in [-0.2, -0.15) is 0 Å². The van der Waals surface area contributed by atoms with E-state index in [0.717, 1.165) is 28.9 Å². The van der Waals surface area contributed by atoms with Gasteiger partial charge in [-0.25, -0.2) is 19.9 Å². The fourth-order valence-corrected chi connectivity index (χ4v) is 3.56. The topological polar surface area (TPSA) is 108 Å². The Morgan fingerprint density at radius 2 is 2.00 bits per heavy atom. The number of aromatic nitrogens is 7. The largest absolute Gasteiger partial charge is 0.385 e. The molecule has 0 aliphatic rings. The van der Waals surface area contributed by atoms with Gasteiger partial charge in [0.1, 0.15) is 29.5 Å². The highest BCUT2D eigenvalue weighted by molar-refractivity contribution is 5.68. The second-order valence-electron chi connectivity index (χ2n) is 7.57. The van der Waals surface area contributed by atoms with Gasteiger partial charge < -0.3 is 18.8 Å². The SMILES string of the molecule is C[C@H](O)c1nccn1Cc1cc(-c2ccc(C#CCCn3cnc4ncncc43)cc2)on1. The van der Waals surface area contributed by atoms with Crippen molar-refractivity contribution in [2.24, 2.45) is 0 Å². The Kier molecular flexibility index (Phi) is 5.66. The van der Waals surface area contributed by atoms with Crippen LogP contribution in [0.4, 0.5) is 0 Å². The van der Waals surface area contributed by atoms with Crippen molar-refractivity contribution >= 4 is 11.2 Å². The Balaban J connectivity index is 1.21. The fourth-order valence-electron chi connectivity index (χ4n) is 3.56. The van der Waals surface area contributed by atoms with Crippen molar-refractivity contribution in [1.82, 2.24) is 34.2 Å². The van der Waals surface area contributed by atoms with Crippen molar-refractivity contribution in [2.45, 2.75) is 32.5 Å². The first-order valence-electron chi connectivity index (χ1n) is 10.5. The van der Waals surface area contributed by atoms with E-state index in [1.54, 1.807) is 25.6 Å². The highest BCUT2D eigenvalue weighted by Gasteiger charge is 2.12. The lowest BCUT2D eigenvalue weighted by Gasteiger charge is -2.07. The van der Waals surface area contributed by atoms with E-state index in [0.29, 0.717) is 30.2 Å². The van der Waals surface area contributed by atoms with Crippen LogP contribution in [0.2, 0.25) is 0 Å². The van der Waals surface area contributed by atoms with Crippen LogP contribution in [-0.4, -0.2) is 39.3 Å². The maximum atomic E-state index is 9.80. The molecule has 0 amide bonds. The van der Waals surface area contributed by atoms with Crippen LogP contribution >= 0.6 is 0 Å². The van der Waals surface area contributed by atoms with Gasteiger partial charge in [-0.3, -0.25) is 0 Å². The molecule has 0 saturated heterocycles. The Hall–Kier alpha value is -4.29. The predicted octanol–water partition coefficient (Wildman–Crippen LogP) is 3.22. The lowest BCUT2D eigenvalue weighted by molar-refractivity contribution is 0.184. The minimum atomic E-state index is -0.645. The van der Waals surface area contributed by atoms with Crippen molar-refractivity contribution in [3.8, 4) is 23.2 Å². The van der Waals surface area contributed by atoms with E-state index in [4.69, 9.17) is 4.52 Å². The van der Waals surface area contributed by atoms with Gasteiger partial charge in [-0.1, -0.05) is 17.0 Å². The summed E-state index contributed by atoms with van der Waals surface area (Å²) in [5, 5.41) is 13.9. The molecule has 9 heteroatoms. The molecule has 1 aromatic carbocycles. The maximum absolute atomic E-state index is 9.80. The molecule has 0 saturated carbocycles. The summed E-state index contributed by atoms with van der Waals surface area (Å²) < 4.78 is 9.37. The van der Waals surface area contributed by atoms with Crippen LogP contribution in [0, 0.1) is 11.8 Å². The van der Waals surface area contributed by atoms with E-state index in [9.17, 15) is 5.11 Å². The van der Waals surface area contributed by atoms with Gasteiger partial charge in [0.2, 0.25) is 0 Å². The Morgan fingerprint density at radius 1 is 1.12 bits per heavy atom. The zero-order valence-corrected chi connectivity index (χ0v) is 18.0. The molecule has 0 aliphatic carbocycles. The molecule has 1 N–H and O–H groups in total. The predicted molar refractivity (Wildman–Crippen MR) is 121 cm³/mol. The number of hydrogen-bond acceptors (Lipinski definition) is 7. The summed E-state index contributed by atoms with van der Waals surface area (Å²) in [5.41, 5.74) is 4.21. The number of rotatable bonds is 6. The third kappa shape index (κ3) is 4.51. The normalized spacial score (nSPS) is 11.9. The molecular weight excluding hydrogens is 418 g/mol. The van der Waals surface area contributed by atoms with Crippen LogP contribution in [0.1, 0.15) is 36.5 Å². The summed E-state index contributed by atoms with van der Waals surface area (Å²) in [5.74, 6) is 7.67. The standard InChI is InChI=1S/C24H21N7O2/c1-17(32)24-26-9-11-30(24)14-20-12-22(33-29-20)19-7-5-18(6-8-19)4-2-3-10-31-16-28-23-21(31)13-25-15-27-23/h5-9,11-13,15-17,32H,3,10,14H2,1H3/t17-/m0/s1. The molecule has 0 fully saturated rings. The number of aliphatic hydroxyl groups excluding tert-OH is 1. The van der Waals surface area contributed by atoms with Crippen molar-refractivity contribution in [1.29, 1.82) is 0 Å². The molecule has 4 heterocycles. The van der Waals surface area contributed by atoms with Crippen LogP contribution in [0.3, 0.4) is 0 Å². The third-order valence-corrected chi connectivity index (χ3v) is 5.19. The summed E-state index contributed by atoms with van der Waals surface area (Å²) in [7, 11) is 0. The van der Waals surface area contributed by atoms with Gasteiger partial charge in [0.05, 0.1) is 19.1 Å². The molecule has 4 aromatic heterocycles. The smallest absolute Gasteiger partial charge is 0.180 e. The molecule has 9 nitrogen and oxygen atoms in total. The first-order chi connectivity index (χ1) is 16.2. The molecule has 0 radical (unpaired) electrons. The van der Waals surface area contributed by atoms with Gasteiger partial charge in [-0.15, -0.1) is 0 Å². The number of fused-ring (bicyclic) bond motifs is 1. The van der Waals surface area contributed by atoms with E-state index in [1.165, 1.54) is 6.33 Å². The zero-order chi connectivity index (χ0) is 22.6. The molecule has 0 aliphatic heterocycles. The van der Waals surface area contributed by atoms with E-state index >= 15 is 0 Å². The highest BCUT2D eigenvalue weighted by Crippen LogP contribution is 2.22. The zero-order valence-electron chi connectivity index (χ0n) is 18.0. The first-order valence-corrected chi connectivity index (χ1v) is 10.5. The average molecular weight is 439 g/mol. The lowest BCUT2D eigenvalue weighted by Crippen LogP contribution is -2.07. The Labute approximate surface area is 189 Å². The van der Waals surface area contributed by atoms with Gasteiger partial charge >= 0.3 is 0 Å². The summed E-state index contributed by atoms with van der Waals surface area (Å²) in [6.45, 7) is 2.89. The molecule has 0 spiro atoms. The molecule has 33 heavy (non-hydrogen) atoms. The Bertz CT molecular complexity index is 1430.